The van der Waals surface area contributed by atoms with Crippen LogP contribution in [0.5, 0.6) is 0 Å². The quantitative estimate of drug-likeness (QED) is 0.0343. The van der Waals surface area contributed by atoms with E-state index in [9.17, 15) is 57.5 Å². The molecule has 0 aliphatic carbocycles. The minimum absolute atomic E-state index is 0.00270. The average Bonchev–Trinajstić information content (AvgIpc) is 3.55. The third-order valence-corrected chi connectivity index (χ3v) is 12.4. The van der Waals surface area contributed by atoms with E-state index in [1.54, 1.807) is 13.8 Å². The molecule has 0 aliphatic heterocycles. The number of hydrogen-bond donors (Lipinski definition) is 1. The van der Waals surface area contributed by atoms with Gasteiger partial charge in [-0.05, 0) is 110 Å². The van der Waals surface area contributed by atoms with E-state index in [0.29, 0.717) is 44.6 Å². The fourth-order valence-electron chi connectivity index (χ4n) is 6.85. The van der Waals surface area contributed by atoms with Gasteiger partial charge in [0.05, 0.1) is 84.6 Å². The maximum atomic E-state index is 12.0. The Bertz CT molecular complexity index is 1920. The monoisotopic (exact) mass is 1200 g/mol. The fraction of sp³-hybridized carbons (Fsp3) is 0.797. The molecule has 0 aromatic rings. The van der Waals surface area contributed by atoms with Gasteiger partial charge in [-0.3, -0.25) is 52.7 Å². The molecular weight excluding hydrogens is 1110 g/mol. The summed E-state index contributed by atoms with van der Waals surface area (Å²) in [6, 6.07) is 0. The van der Waals surface area contributed by atoms with Crippen LogP contribution < -0.4 is 5.32 Å². The Kier molecular flexibility index (Phi) is 48.0. The minimum Gasteiger partial charge on any atom is -0.466 e. The topological polar surface area (TPSA) is 328 Å². The molecule has 0 radical (unpaired) electrons. The van der Waals surface area contributed by atoms with Crippen molar-refractivity contribution in [2.24, 2.45) is 11.3 Å². The summed E-state index contributed by atoms with van der Waals surface area (Å²) in [4.78, 5) is 143. The van der Waals surface area contributed by atoms with Crippen LogP contribution >= 0.6 is 0 Å². The summed E-state index contributed by atoms with van der Waals surface area (Å²) in [6.45, 7) is 10.5. The zero-order valence-corrected chi connectivity index (χ0v) is 50.7. The van der Waals surface area contributed by atoms with Crippen molar-refractivity contribution in [3.05, 3.63) is 0 Å². The number of carbonyl (C=O) groups is 12. The van der Waals surface area contributed by atoms with Gasteiger partial charge in [0.1, 0.15) is 6.61 Å². The predicted octanol–water partition coefficient (Wildman–Crippen LogP) is 7.92. The SMILES string of the molecule is CCCCC(CC)COC(=O)CCCOC(=O)CCCOC(=O)CCCOC(=O)CCCOC(=O)CCCOC(=O)CCCOC(=O)CCCOC(=O)CCCOC(=O)CCCOC(=O)CCCCCOC(=O)NCCOC(=O)C(C)(C)CC. The maximum Gasteiger partial charge on any atom is 0.407 e. The lowest BCUT2D eigenvalue weighted by molar-refractivity contribution is -0.154. The molecule has 0 saturated heterocycles. The molecule has 0 aromatic heterocycles. The molecule has 1 unspecified atom stereocenters. The Morgan fingerprint density at radius 2 is 0.607 bits per heavy atom. The minimum atomic E-state index is -0.622. The molecule has 1 amide bonds. The number of unbranched alkanes of at least 4 members (excludes halogenated alkanes) is 3. The van der Waals surface area contributed by atoms with Crippen LogP contribution in [0.4, 0.5) is 4.79 Å². The third-order valence-electron chi connectivity index (χ3n) is 12.4. The summed E-state index contributed by atoms with van der Waals surface area (Å²) in [5.74, 6) is -4.79. The van der Waals surface area contributed by atoms with Crippen molar-refractivity contribution in [3.8, 4) is 0 Å². The Hall–Kier alpha value is -6.56. The molecule has 0 saturated carbocycles. The van der Waals surface area contributed by atoms with E-state index in [1.165, 1.54) is 0 Å². The molecule has 0 aromatic carbocycles. The lowest BCUT2D eigenvalue weighted by Gasteiger charge is -2.20. The number of amides is 1. The second-order valence-corrected chi connectivity index (χ2v) is 20.3. The van der Waals surface area contributed by atoms with E-state index in [0.717, 1.165) is 25.7 Å². The van der Waals surface area contributed by atoms with Crippen molar-refractivity contribution in [1.82, 2.24) is 5.32 Å². The molecule has 482 valence electrons. The number of esters is 11. The maximum absolute atomic E-state index is 12.0. The average molecular weight is 1200 g/mol. The van der Waals surface area contributed by atoms with Crippen molar-refractivity contribution in [3.63, 3.8) is 0 Å². The highest BCUT2D eigenvalue weighted by atomic mass is 16.6. The van der Waals surface area contributed by atoms with Crippen LogP contribution in [0.2, 0.25) is 0 Å². The van der Waals surface area contributed by atoms with Gasteiger partial charge in [0, 0.05) is 64.2 Å². The first kappa shape index (κ1) is 77.4. The Labute approximate surface area is 495 Å². The number of rotatable bonds is 53. The van der Waals surface area contributed by atoms with Crippen molar-refractivity contribution < 1.29 is 114 Å². The van der Waals surface area contributed by atoms with E-state index in [4.69, 9.17) is 56.8 Å². The van der Waals surface area contributed by atoms with Gasteiger partial charge in [-0.2, -0.15) is 0 Å². The molecule has 0 heterocycles. The Balaban J connectivity index is 3.69. The number of ether oxygens (including phenoxy) is 12. The lowest BCUT2D eigenvalue weighted by Crippen LogP contribution is -2.32. The molecule has 25 nitrogen and oxygen atoms in total. The van der Waals surface area contributed by atoms with Gasteiger partial charge in [0.25, 0.3) is 0 Å². The van der Waals surface area contributed by atoms with Crippen LogP contribution in [-0.4, -0.2) is 158 Å². The van der Waals surface area contributed by atoms with Gasteiger partial charge < -0.3 is 62.2 Å². The normalized spacial score (nSPS) is 11.2. The van der Waals surface area contributed by atoms with Crippen LogP contribution in [0.3, 0.4) is 0 Å². The molecule has 0 rings (SSSR count). The summed E-state index contributed by atoms with van der Waals surface area (Å²) < 4.78 is 61.5. The van der Waals surface area contributed by atoms with Crippen molar-refractivity contribution in [1.29, 1.82) is 0 Å². The molecule has 0 spiro atoms. The van der Waals surface area contributed by atoms with Gasteiger partial charge >= 0.3 is 71.8 Å². The van der Waals surface area contributed by atoms with Crippen molar-refractivity contribution in [2.75, 3.05) is 85.8 Å². The first-order valence-electron chi connectivity index (χ1n) is 30.0. The highest BCUT2D eigenvalue weighted by Crippen LogP contribution is 2.21. The van der Waals surface area contributed by atoms with E-state index < -0.39 is 65.2 Å². The van der Waals surface area contributed by atoms with Crippen molar-refractivity contribution >= 4 is 71.8 Å². The van der Waals surface area contributed by atoms with Crippen LogP contribution in [0.25, 0.3) is 0 Å². The van der Waals surface area contributed by atoms with E-state index in [-0.39, 0.29) is 207 Å². The largest absolute Gasteiger partial charge is 0.466 e. The zero-order valence-electron chi connectivity index (χ0n) is 50.7. The van der Waals surface area contributed by atoms with Crippen LogP contribution in [-0.2, 0) is 110 Å². The van der Waals surface area contributed by atoms with E-state index >= 15 is 0 Å². The molecule has 0 bridgehead atoms. The molecule has 1 atom stereocenters. The fourth-order valence-corrected chi connectivity index (χ4v) is 6.85. The van der Waals surface area contributed by atoms with E-state index in [2.05, 4.69) is 19.2 Å². The van der Waals surface area contributed by atoms with Crippen LogP contribution in [0, 0.1) is 11.3 Å². The second kappa shape index (κ2) is 52.0. The second-order valence-electron chi connectivity index (χ2n) is 20.3. The number of alkyl carbamates (subject to hydrolysis) is 1. The molecule has 25 heteroatoms. The van der Waals surface area contributed by atoms with Crippen LogP contribution in [0.15, 0.2) is 0 Å². The molecule has 84 heavy (non-hydrogen) atoms. The summed E-state index contributed by atoms with van der Waals surface area (Å²) in [5, 5.41) is 2.51. The summed E-state index contributed by atoms with van der Waals surface area (Å²) in [5.41, 5.74) is -0.584. The van der Waals surface area contributed by atoms with Gasteiger partial charge in [-0.15, -0.1) is 0 Å². The summed E-state index contributed by atoms with van der Waals surface area (Å²) >= 11 is 0. The van der Waals surface area contributed by atoms with Gasteiger partial charge in [-0.25, -0.2) is 4.79 Å². The number of nitrogens with one attached hydrogen (secondary N) is 1. The lowest BCUT2D eigenvalue weighted by atomic mass is 9.91. The number of hydrogen-bond acceptors (Lipinski definition) is 24. The third kappa shape index (κ3) is 48.9. The van der Waals surface area contributed by atoms with E-state index in [1.807, 2.05) is 6.92 Å². The van der Waals surface area contributed by atoms with Crippen LogP contribution in [0.1, 0.15) is 208 Å². The standard InChI is InChI=1S/C59H97NO24/c1-6-9-22-46(7-2)45-84-56(70)32-21-43-81-55(69)31-20-42-80-54(68)30-19-41-79-53(67)29-18-40-78-52(66)28-17-39-77-51(65)27-16-38-76-50(64)26-15-37-75-49(63)25-14-36-74-48(62)24-13-35-73-47(61)23-11-10-12-34-83-58(72)60-33-44-82-57(71)59(4,5)8-3/h46H,6-45H2,1-5H3,(H,60,72). The van der Waals surface area contributed by atoms with Crippen molar-refractivity contribution in [2.45, 2.75) is 208 Å². The Morgan fingerprint density at radius 1 is 0.321 bits per heavy atom. The Morgan fingerprint density at radius 3 is 0.893 bits per heavy atom. The number of carbonyl (C=O) groups excluding carboxylic acids is 12. The first-order valence-corrected chi connectivity index (χ1v) is 30.0. The predicted molar refractivity (Wildman–Crippen MR) is 299 cm³/mol. The van der Waals surface area contributed by atoms with Gasteiger partial charge in [-0.1, -0.05) is 40.0 Å². The zero-order chi connectivity index (χ0) is 62.5. The smallest absolute Gasteiger partial charge is 0.407 e. The highest BCUT2D eigenvalue weighted by molar-refractivity contribution is 5.76. The summed E-state index contributed by atoms with van der Waals surface area (Å²) in [6.07, 6.45) is 8.53. The molecule has 1 N–H and O–H groups in total. The van der Waals surface area contributed by atoms with Gasteiger partial charge in [0.15, 0.2) is 0 Å². The first-order chi connectivity index (χ1) is 40.3. The summed E-state index contributed by atoms with van der Waals surface area (Å²) in [7, 11) is 0. The van der Waals surface area contributed by atoms with Gasteiger partial charge in [0.2, 0.25) is 0 Å². The highest BCUT2D eigenvalue weighted by Gasteiger charge is 2.27. The molecular formula is C59H97NO24. The molecule has 0 aliphatic rings. The molecule has 0 fully saturated rings.